The van der Waals surface area contributed by atoms with E-state index in [0.29, 0.717) is 13.1 Å². The molecule has 1 aliphatic rings. The van der Waals surface area contributed by atoms with Gasteiger partial charge in [-0.3, -0.25) is 24.2 Å². The molecule has 3 amide bonds. The summed E-state index contributed by atoms with van der Waals surface area (Å²) in [5.41, 5.74) is 15.5. The molecule has 10 heteroatoms. The summed E-state index contributed by atoms with van der Waals surface area (Å²) in [5, 5.41) is 3.01. The second-order valence-electron chi connectivity index (χ2n) is 13.5. The zero-order chi connectivity index (χ0) is 36.3. The Morgan fingerprint density at radius 3 is 1.61 bits per heavy atom. The van der Waals surface area contributed by atoms with E-state index in [1.807, 2.05) is 60.7 Å². The standard InChI is InChI=1S/C41H47F2N5O3/c1-28(26-33(39(44)49)27-36(40(45)50)37(29-8-4-2-5-9-29)30-10-6-3-7-11-30)41(51)46-20-21-47-22-24-48(25-23-47)38(31-12-16-34(42)17-13-31)32-14-18-35(43)19-15-32/h2-19,28,33,36-38H,20-27H2,1H3,(H2,44,49)(H2,45,50)(H,46,51). The highest BCUT2D eigenvalue weighted by atomic mass is 19.1. The SMILES string of the molecule is CC(CC(CC(C(N)=O)C(c1ccccc1)c1ccccc1)C(N)=O)C(=O)NCCN1CCN(C(c2ccc(F)cc2)c2ccc(F)cc2)CC1. The van der Waals surface area contributed by atoms with Gasteiger partial charge in [-0.1, -0.05) is 91.9 Å². The van der Waals surface area contributed by atoms with Crippen LogP contribution in [0.4, 0.5) is 8.78 Å². The van der Waals surface area contributed by atoms with Gasteiger partial charge in [0.05, 0.1) is 6.04 Å². The van der Waals surface area contributed by atoms with E-state index in [0.717, 1.165) is 48.4 Å². The molecule has 3 atom stereocenters. The van der Waals surface area contributed by atoms with Crippen molar-refractivity contribution >= 4 is 17.7 Å². The number of hydrogen-bond acceptors (Lipinski definition) is 5. The molecule has 1 fully saturated rings. The summed E-state index contributed by atoms with van der Waals surface area (Å²) in [6, 6.07) is 31.9. The lowest BCUT2D eigenvalue weighted by molar-refractivity contribution is -0.127. The Labute approximate surface area is 298 Å². The van der Waals surface area contributed by atoms with Crippen LogP contribution in [0.5, 0.6) is 0 Å². The molecule has 0 aromatic heterocycles. The van der Waals surface area contributed by atoms with Gasteiger partial charge in [0.2, 0.25) is 17.7 Å². The molecule has 1 heterocycles. The lowest BCUT2D eigenvalue weighted by Gasteiger charge is -2.40. The van der Waals surface area contributed by atoms with Crippen molar-refractivity contribution in [3.8, 4) is 0 Å². The largest absolute Gasteiger partial charge is 0.369 e. The molecule has 4 aromatic carbocycles. The maximum absolute atomic E-state index is 13.7. The van der Waals surface area contributed by atoms with Gasteiger partial charge in [-0.2, -0.15) is 0 Å². The van der Waals surface area contributed by atoms with Crippen molar-refractivity contribution in [2.45, 2.75) is 31.7 Å². The zero-order valence-corrected chi connectivity index (χ0v) is 29.0. The first kappa shape index (κ1) is 37.3. The van der Waals surface area contributed by atoms with E-state index >= 15 is 0 Å². The first-order valence-electron chi connectivity index (χ1n) is 17.5. The third-order valence-corrected chi connectivity index (χ3v) is 9.98. The minimum absolute atomic E-state index is 0.123. The van der Waals surface area contributed by atoms with Crippen LogP contribution < -0.4 is 16.8 Å². The molecular weight excluding hydrogens is 648 g/mol. The van der Waals surface area contributed by atoms with Crippen molar-refractivity contribution in [2.24, 2.45) is 29.2 Å². The molecular formula is C41H47F2N5O3. The number of primary amides is 2. The summed E-state index contributed by atoms with van der Waals surface area (Å²) < 4.78 is 27.4. The average molecular weight is 696 g/mol. The predicted octanol–water partition coefficient (Wildman–Crippen LogP) is 5.24. The number of halogens is 2. The first-order valence-corrected chi connectivity index (χ1v) is 17.5. The van der Waals surface area contributed by atoms with Gasteiger partial charge in [-0.05, 0) is 59.4 Å². The van der Waals surface area contributed by atoms with Gasteiger partial charge >= 0.3 is 0 Å². The maximum Gasteiger partial charge on any atom is 0.222 e. The molecule has 0 bridgehead atoms. The normalized spacial score (nSPS) is 15.7. The van der Waals surface area contributed by atoms with E-state index in [1.54, 1.807) is 31.2 Å². The molecule has 3 unspecified atom stereocenters. The molecule has 268 valence electrons. The summed E-state index contributed by atoms with van der Waals surface area (Å²) in [4.78, 5) is 43.4. The van der Waals surface area contributed by atoms with E-state index in [1.165, 1.54) is 24.3 Å². The van der Waals surface area contributed by atoms with E-state index in [-0.39, 0.29) is 42.3 Å². The molecule has 1 saturated heterocycles. The van der Waals surface area contributed by atoms with Crippen LogP contribution in [0, 0.1) is 29.4 Å². The molecule has 5 N–H and O–H groups in total. The third kappa shape index (κ3) is 10.1. The monoisotopic (exact) mass is 695 g/mol. The first-order chi connectivity index (χ1) is 24.6. The summed E-state index contributed by atoms with van der Waals surface area (Å²) in [6.45, 7) is 5.82. The minimum atomic E-state index is -0.735. The van der Waals surface area contributed by atoms with Crippen LogP contribution in [-0.2, 0) is 14.4 Å². The van der Waals surface area contributed by atoms with Gasteiger partial charge in [0.1, 0.15) is 11.6 Å². The average Bonchev–Trinajstić information content (AvgIpc) is 3.14. The number of nitrogens with zero attached hydrogens (tertiary/aromatic N) is 2. The summed E-state index contributed by atoms with van der Waals surface area (Å²) in [7, 11) is 0. The lowest BCUT2D eigenvalue weighted by atomic mass is 9.74. The van der Waals surface area contributed by atoms with Crippen LogP contribution in [0.2, 0.25) is 0 Å². The predicted molar refractivity (Wildman–Crippen MR) is 194 cm³/mol. The van der Waals surface area contributed by atoms with Gasteiger partial charge in [0.15, 0.2) is 0 Å². The highest BCUT2D eigenvalue weighted by Gasteiger charge is 2.35. The third-order valence-electron chi connectivity index (χ3n) is 9.98. The Kier molecular flexibility index (Phi) is 13.0. The Hall–Kier alpha value is -4.93. The molecule has 4 aromatic rings. The molecule has 1 aliphatic heterocycles. The van der Waals surface area contributed by atoms with Gasteiger partial charge in [0.25, 0.3) is 0 Å². The Bertz CT molecular complexity index is 1630. The number of carbonyl (C=O) groups excluding carboxylic acids is 3. The number of nitrogens with one attached hydrogen (secondary N) is 1. The number of piperazine rings is 1. The van der Waals surface area contributed by atoms with Crippen LogP contribution >= 0.6 is 0 Å². The van der Waals surface area contributed by atoms with Crippen LogP contribution in [0.25, 0.3) is 0 Å². The Balaban J connectivity index is 1.15. The van der Waals surface area contributed by atoms with E-state index in [9.17, 15) is 23.2 Å². The topological polar surface area (TPSA) is 122 Å². The number of hydrogen-bond donors (Lipinski definition) is 3. The number of rotatable bonds is 16. The van der Waals surface area contributed by atoms with E-state index in [2.05, 4.69) is 15.1 Å². The molecule has 51 heavy (non-hydrogen) atoms. The van der Waals surface area contributed by atoms with Crippen LogP contribution in [-0.4, -0.2) is 66.8 Å². The summed E-state index contributed by atoms with van der Waals surface area (Å²) in [5.74, 6) is -4.25. The van der Waals surface area contributed by atoms with Crippen molar-refractivity contribution in [1.29, 1.82) is 0 Å². The van der Waals surface area contributed by atoms with Crippen molar-refractivity contribution in [2.75, 3.05) is 39.3 Å². The number of amides is 3. The Morgan fingerprint density at radius 1 is 0.667 bits per heavy atom. The number of nitrogens with two attached hydrogens (primary N) is 2. The second-order valence-corrected chi connectivity index (χ2v) is 13.5. The van der Waals surface area contributed by atoms with Gasteiger partial charge in [-0.15, -0.1) is 0 Å². The van der Waals surface area contributed by atoms with Crippen molar-refractivity contribution < 1.29 is 23.2 Å². The molecule has 8 nitrogen and oxygen atoms in total. The van der Waals surface area contributed by atoms with Crippen molar-refractivity contribution in [1.82, 2.24) is 15.1 Å². The van der Waals surface area contributed by atoms with Crippen LogP contribution in [0.1, 0.15) is 54.0 Å². The van der Waals surface area contributed by atoms with Gasteiger partial charge in [0, 0.05) is 62.9 Å². The number of benzene rings is 4. The lowest BCUT2D eigenvalue weighted by Crippen LogP contribution is -2.49. The molecule has 5 rings (SSSR count). The fourth-order valence-electron chi connectivity index (χ4n) is 7.22. The highest BCUT2D eigenvalue weighted by Crippen LogP contribution is 2.37. The van der Waals surface area contributed by atoms with E-state index in [4.69, 9.17) is 11.5 Å². The highest BCUT2D eigenvalue weighted by molar-refractivity contribution is 5.83. The fourth-order valence-corrected chi connectivity index (χ4v) is 7.22. The maximum atomic E-state index is 13.7. The molecule has 0 radical (unpaired) electrons. The van der Waals surface area contributed by atoms with E-state index < -0.39 is 29.6 Å². The van der Waals surface area contributed by atoms with Crippen molar-refractivity contribution in [3.05, 3.63) is 143 Å². The Morgan fingerprint density at radius 2 is 1.16 bits per heavy atom. The second kappa shape index (κ2) is 17.8. The summed E-state index contributed by atoms with van der Waals surface area (Å²) in [6.07, 6.45) is 0.311. The zero-order valence-electron chi connectivity index (χ0n) is 29.0. The molecule has 0 spiro atoms. The molecule has 0 aliphatic carbocycles. The fraction of sp³-hybridized carbons (Fsp3) is 0.341. The minimum Gasteiger partial charge on any atom is -0.369 e. The van der Waals surface area contributed by atoms with Crippen LogP contribution in [0.3, 0.4) is 0 Å². The molecule has 0 saturated carbocycles. The van der Waals surface area contributed by atoms with Crippen LogP contribution in [0.15, 0.2) is 109 Å². The quantitative estimate of drug-likeness (QED) is 0.148. The summed E-state index contributed by atoms with van der Waals surface area (Å²) >= 11 is 0. The smallest absolute Gasteiger partial charge is 0.222 e. The van der Waals surface area contributed by atoms with Gasteiger partial charge in [-0.25, -0.2) is 8.78 Å². The number of carbonyl (C=O) groups is 3. The van der Waals surface area contributed by atoms with Gasteiger partial charge < -0.3 is 16.8 Å². The van der Waals surface area contributed by atoms with Crippen molar-refractivity contribution in [3.63, 3.8) is 0 Å².